The molecule has 7 heteroatoms. The lowest BCUT2D eigenvalue weighted by Crippen LogP contribution is -2.28. The average molecular weight is 365 g/mol. The van der Waals surface area contributed by atoms with Crippen molar-refractivity contribution in [3.8, 4) is 5.75 Å². The van der Waals surface area contributed by atoms with Crippen LogP contribution in [0.4, 0.5) is 8.78 Å². The Morgan fingerprint density at radius 2 is 2.08 bits per heavy atom. The van der Waals surface area contributed by atoms with Crippen LogP contribution in [0.2, 0.25) is 0 Å². The van der Waals surface area contributed by atoms with Crippen LogP contribution in [-0.2, 0) is 6.42 Å². The van der Waals surface area contributed by atoms with Gasteiger partial charge in [0.2, 0.25) is 0 Å². The van der Waals surface area contributed by atoms with E-state index >= 15 is 0 Å². The summed E-state index contributed by atoms with van der Waals surface area (Å²) >= 11 is 0.327. The Hall–Kier alpha value is -2.12. The molecule has 3 rings (SSSR count). The first kappa shape index (κ1) is 17.7. The Morgan fingerprint density at radius 3 is 2.88 bits per heavy atom. The Balaban J connectivity index is 1.64. The van der Waals surface area contributed by atoms with E-state index in [-0.39, 0.29) is 17.0 Å². The van der Waals surface area contributed by atoms with Crippen molar-refractivity contribution in [3.05, 3.63) is 59.2 Å². The number of hydrogen-bond donors (Lipinski definition) is 2. The lowest BCUT2D eigenvalue weighted by atomic mass is 10.0. The van der Waals surface area contributed by atoms with Crippen molar-refractivity contribution >= 4 is 17.7 Å². The van der Waals surface area contributed by atoms with Gasteiger partial charge in [0.1, 0.15) is 5.75 Å². The minimum atomic E-state index is -2.60. The smallest absolute Gasteiger partial charge is 0.288 e. The molecule has 2 aromatic carbocycles. The molecule has 2 N–H and O–H groups in total. The largest absolute Gasteiger partial charge is 0.493 e. The highest BCUT2D eigenvalue weighted by atomic mass is 32.2. The predicted octanol–water partition coefficient (Wildman–Crippen LogP) is 3.40. The van der Waals surface area contributed by atoms with Crippen molar-refractivity contribution in [2.24, 2.45) is 0 Å². The number of thioether (sulfide) groups is 1. The van der Waals surface area contributed by atoms with E-state index in [9.17, 15) is 18.7 Å². The van der Waals surface area contributed by atoms with E-state index in [1.54, 1.807) is 24.3 Å². The van der Waals surface area contributed by atoms with Crippen molar-refractivity contribution in [3.63, 3.8) is 0 Å². The molecule has 25 heavy (non-hydrogen) atoms. The van der Waals surface area contributed by atoms with Crippen LogP contribution in [0.1, 0.15) is 27.6 Å². The van der Waals surface area contributed by atoms with E-state index in [0.29, 0.717) is 23.9 Å². The van der Waals surface area contributed by atoms with Crippen LogP contribution in [0, 0.1) is 0 Å². The fourth-order valence-electron chi connectivity index (χ4n) is 2.67. The van der Waals surface area contributed by atoms with Gasteiger partial charge in [-0.25, -0.2) is 0 Å². The maximum atomic E-state index is 12.6. The zero-order valence-electron chi connectivity index (χ0n) is 13.2. The number of aliphatic hydroxyl groups excluding tert-OH is 1. The molecule has 0 spiro atoms. The minimum Gasteiger partial charge on any atom is -0.493 e. The Bertz CT molecular complexity index is 770. The molecule has 1 unspecified atom stereocenters. The van der Waals surface area contributed by atoms with Gasteiger partial charge in [-0.05, 0) is 35.4 Å². The number of nitrogens with one attached hydrogen (secondary N) is 1. The molecular weight excluding hydrogens is 348 g/mol. The van der Waals surface area contributed by atoms with E-state index < -0.39 is 17.8 Å². The monoisotopic (exact) mass is 365 g/mol. The molecule has 1 aliphatic heterocycles. The van der Waals surface area contributed by atoms with Gasteiger partial charge < -0.3 is 15.2 Å². The summed E-state index contributed by atoms with van der Waals surface area (Å²) in [7, 11) is 0. The number of benzene rings is 2. The van der Waals surface area contributed by atoms with Gasteiger partial charge in [-0.2, -0.15) is 8.78 Å². The first-order valence-electron chi connectivity index (χ1n) is 7.80. The number of ether oxygens (including phenoxy) is 1. The molecule has 2 aromatic rings. The first-order valence-corrected chi connectivity index (χ1v) is 8.68. The molecule has 0 bridgehead atoms. The van der Waals surface area contributed by atoms with Gasteiger partial charge in [-0.1, -0.05) is 30.0 Å². The number of amides is 1. The summed E-state index contributed by atoms with van der Waals surface area (Å²) in [6.45, 7) is 0.621. The van der Waals surface area contributed by atoms with E-state index in [4.69, 9.17) is 4.74 Å². The zero-order valence-corrected chi connectivity index (χ0v) is 14.1. The molecule has 0 aliphatic carbocycles. The molecule has 4 nitrogen and oxygen atoms in total. The van der Waals surface area contributed by atoms with E-state index in [1.807, 2.05) is 6.07 Å². The van der Waals surface area contributed by atoms with Crippen molar-refractivity contribution in [2.45, 2.75) is 23.2 Å². The van der Waals surface area contributed by atoms with Crippen LogP contribution in [0.15, 0.2) is 47.4 Å². The highest BCUT2D eigenvalue weighted by molar-refractivity contribution is 7.99. The van der Waals surface area contributed by atoms with Crippen LogP contribution in [0.3, 0.4) is 0 Å². The molecular formula is C18H17F2NO3S. The molecule has 1 aliphatic rings. The van der Waals surface area contributed by atoms with Gasteiger partial charge in [0.25, 0.3) is 11.7 Å². The zero-order chi connectivity index (χ0) is 17.8. The first-order chi connectivity index (χ1) is 12.0. The van der Waals surface area contributed by atoms with E-state index in [2.05, 4.69) is 5.32 Å². The minimum absolute atomic E-state index is 0.00778. The van der Waals surface area contributed by atoms with Crippen molar-refractivity contribution in [1.29, 1.82) is 0 Å². The van der Waals surface area contributed by atoms with Gasteiger partial charge in [-0.15, -0.1) is 0 Å². The van der Waals surface area contributed by atoms with Gasteiger partial charge in [0.15, 0.2) is 0 Å². The van der Waals surface area contributed by atoms with Gasteiger partial charge >= 0.3 is 0 Å². The number of carbonyl (C=O) groups excluding carboxylic acids is 1. The summed E-state index contributed by atoms with van der Waals surface area (Å²) in [5.74, 6) is -2.28. The Labute approximate surface area is 148 Å². The molecule has 0 fully saturated rings. The second-order valence-electron chi connectivity index (χ2n) is 5.57. The summed E-state index contributed by atoms with van der Waals surface area (Å²) in [4.78, 5) is 12.5. The standard InChI is InChI=1S/C18H17F2NO3S/c19-18(20)25-16-4-2-1-3-13(16)17(23)21-10-14(22)11-5-6-15-12(9-11)7-8-24-15/h1-6,9,14,18,22H,7-8,10H2,(H,21,23). The third-order valence-electron chi connectivity index (χ3n) is 3.90. The summed E-state index contributed by atoms with van der Waals surface area (Å²) in [5, 5.41) is 12.9. The third kappa shape index (κ3) is 4.29. The van der Waals surface area contributed by atoms with Gasteiger partial charge in [-0.3, -0.25) is 4.79 Å². The van der Waals surface area contributed by atoms with Crippen LogP contribution < -0.4 is 10.1 Å². The van der Waals surface area contributed by atoms with E-state index in [1.165, 1.54) is 12.1 Å². The molecule has 0 radical (unpaired) electrons. The number of halogens is 2. The van der Waals surface area contributed by atoms with Crippen molar-refractivity contribution in [2.75, 3.05) is 13.2 Å². The number of carbonyl (C=O) groups is 1. The number of alkyl halides is 2. The summed E-state index contributed by atoms with van der Waals surface area (Å²) in [6, 6.07) is 11.6. The average Bonchev–Trinajstić information content (AvgIpc) is 3.07. The van der Waals surface area contributed by atoms with E-state index in [0.717, 1.165) is 17.7 Å². The molecule has 0 aromatic heterocycles. The molecule has 0 saturated heterocycles. The Morgan fingerprint density at radius 1 is 1.28 bits per heavy atom. The summed E-state index contributed by atoms with van der Waals surface area (Å²) in [5.41, 5.74) is 1.88. The van der Waals surface area contributed by atoms with Crippen LogP contribution in [0.25, 0.3) is 0 Å². The molecule has 1 amide bonds. The van der Waals surface area contributed by atoms with Gasteiger partial charge in [0, 0.05) is 17.9 Å². The van der Waals surface area contributed by atoms with Crippen molar-refractivity contribution in [1.82, 2.24) is 5.32 Å². The second-order valence-corrected chi connectivity index (χ2v) is 6.60. The normalized spacial score (nSPS) is 14.1. The fraction of sp³-hybridized carbons (Fsp3) is 0.278. The van der Waals surface area contributed by atoms with Crippen LogP contribution in [0.5, 0.6) is 5.75 Å². The van der Waals surface area contributed by atoms with Crippen molar-refractivity contribution < 1.29 is 23.4 Å². The van der Waals surface area contributed by atoms with Crippen LogP contribution in [-0.4, -0.2) is 29.9 Å². The highest BCUT2D eigenvalue weighted by Gasteiger charge is 2.18. The molecule has 1 atom stereocenters. The quantitative estimate of drug-likeness (QED) is 0.771. The number of aliphatic hydroxyl groups is 1. The lowest BCUT2D eigenvalue weighted by Gasteiger charge is -2.14. The third-order valence-corrected chi connectivity index (χ3v) is 4.69. The topological polar surface area (TPSA) is 58.6 Å². The van der Waals surface area contributed by atoms with Crippen LogP contribution >= 0.6 is 11.8 Å². The predicted molar refractivity (Wildman–Crippen MR) is 91.2 cm³/mol. The SMILES string of the molecule is O=C(NCC(O)c1ccc2c(c1)CCO2)c1ccccc1SC(F)F. The highest BCUT2D eigenvalue weighted by Crippen LogP contribution is 2.29. The maximum Gasteiger partial charge on any atom is 0.288 e. The number of fused-ring (bicyclic) bond motifs is 1. The molecule has 0 saturated carbocycles. The molecule has 132 valence electrons. The fourth-order valence-corrected chi connectivity index (χ4v) is 3.31. The number of rotatable bonds is 6. The second kappa shape index (κ2) is 7.84. The number of hydrogen-bond acceptors (Lipinski definition) is 4. The summed E-state index contributed by atoms with van der Waals surface area (Å²) < 4.78 is 30.6. The lowest BCUT2D eigenvalue weighted by molar-refractivity contribution is 0.0913. The molecule has 1 heterocycles. The van der Waals surface area contributed by atoms with Gasteiger partial charge in [0.05, 0.1) is 18.3 Å². The maximum absolute atomic E-state index is 12.6. The Kier molecular flexibility index (Phi) is 5.55. The summed E-state index contributed by atoms with van der Waals surface area (Å²) in [6.07, 6.45) is -0.0923.